The highest BCUT2D eigenvalue weighted by Crippen LogP contribution is 2.22. The first-order valence-corrected chi connectivity index (χ1v) is 10.4. The van der Waals surface area contributed by atoms with Crippen LogP contribution in [0.4, 0.5) is 5.69 Å². The van der Waals surface area contributed by atoms with Crippen LogP contribution < -0.4 is 16.6 Å². The van der Waals surface area contributed by atoms with Crippen molar-refractivity contribution >= 4 is 39.9 Å². The molecule has 1 aliphatic rings. The van der Waals surface area contributed by atoms with E-state index in [2.05, 4.69) is 10.3 Å². The number of aryl methyl sites for hydroxylation is 1. The number of amides is 2. The molecule has 0 aliphatic carbocycles. The molecule has 0 atom stereocenters. The first kappa shape index (κ1) is 20.0. The van der Waals surface area contributed by atoms with Gasteiger partial charge in [0.25, 0.3) is 11.5 Å². The van der Waals surface area contributed by atoms with Gasteiger partial charge in [-0.15, -0.1) is 11.3 Å². The maximum absolute atomic E-state index is 12.7. The van der Waals surface area contributed by atoms with E-state index in [0.29, 0.717) is 36.5 Å². The third-order valence-corrected chi connectivity index (χ3v) is 6.30. The van der Waals surface area contributed by atoms with Crippen LogP contribution in [-0.2, 0) is 18.9 Å². The summed E-state index contributed by atoms with van der Waals surface area (Å²) in [5.41, 5.74) is -0.250. The van der Waals surface area contributed by atoms with E-state index in [9.17, 15) is 19.2 Å². The predicted octanol–water partition coefficient (Wildman–Crippen LogP) is 1.18. The van der Waals surface area contributed by atoms with Crippen molar-refractivity contribution in [3.63, 3.8) is 0 Å². The molecule has 1 N–H and O–H groups in total. The molecule has 1 saturated heterocycles. The second kappa shape index (κ2) is 7.86. The number of nitrogens with one attached hydrogen (secondary N) is 1. The van der Waals surface area contributed by atoms with E-state index in [4.69, 9.17) is 0 Å². The number of hydrogen-bond donors (Lipinski definition) is 1. The Morgan fingerprint density at radius 1 is 1.17 bits per heavy atom. The summed E-state index contributed by atoms with van der Waals surface area (Å²) in [6.07, 6.45) is 2.58. The largest absolute Gasteiger partial charge is 0.338 e. The summed E-state index contributed by atoms with van der Waals surface area (Å²) in [6.45, 7) is 1.04. The summed E-state index contributed by atoms with van der Waals surface area (Å²) in [5.74, 6) is -0.388. The zero-order chi connectivity index (χ0) is 21.4. The van der Waals surface area contributed by atoms with E-state index < -0.39 is 11.2 Å². The average Bonchev–Trinajstić information content (AvgIpc) is 3.30. The molecule has 4 rings (SSSR count). The van der Waals surface area contributed by atoms with Gasteiger partial charge in [-0.25, -0.2) is 9.78 Å². The van der Waals surface area contributed by atoms with Gasteiger partial charge in [-0.3, -0.25) is 23.5 Å². The van der Waals surface area contributed by atoms with E-state index in [1.54, 1.807) is 18.0 Å². The number of anilines is 1. The van der Waals surface area contributed by atoms with Gasteiger partial charge in [-0.2, -0.15) is 0 Å². The van der Waals surface area contributed by atoms with E-state index in [-0.39, 0.29) is 28.8 Å². The molecular weight excluding hydrogens is 406 g/mol. The molecule has 0 aromatic carbocycles. The van der Waals surface area contributed by atoms with Gasteiger partial charge in [0.2, 0.25) is 5.91 Å². The molecule has 30 heavy (non-hydrogen) atoms. The van der Waals surface area contributed by atoms with Gasteiger partial charge < -0.3 is 10.2 Å². The normalized spacial score (nSPS) is 14.8. The zero-order valence-corrected chi connectivity index (χ0v) is 17.4. The molecule has 10 heteroatoms. The van der Waals surface area contributed by atoms with Crippen LogP contribution >= 0.6 is 11.3 Å². The van der Waals surface area contributed by atoms with Crippen molar-refractivity contribution in [2.75, 3.05) is 18.4 Å². The molecule has 9 nitrogen and oxygen atoms in total. The molecular formula is C20H21N5O4S. The lowest BCUT2D eigenvalue weighted by Crippen LogP contribution is -2.41. The SMILES string of the molecule is Cn1c(=O)c2cc(NC(=O)C3CCN(C(=O)c4cccs4)CC3)cnc2n(C)c1=O. The number of rotatable bonds is 3. The monoisotopic (exact) mass is 427 g/mol. The van der Waals surface area contributed by atoms with Gasteiger partial charge in [0.1, 0.15) is 5.65 Å². The Bertz CT molecular complexity index is 1240. The Morgan fingerprint density at radius 2 is 1.90 bits per heavy atom. The van der Waals surface area contributed by atoms with Crippen LogP contribution in [-0.4, -0.2) is 43.9 Å². The first-order chi connectivity index (χ1) is 14.4. The van der Waals surface area contributed by atoms with Crippen LogP contribution in [0.1, 0.15) is 22.5 Å². The summed E-state index contributed by atoms with van der Waals surface area (Å²) in [5, 5.41) is 4.95. The number of hydrogen-bond acceptors (Lipinski definition) is 6. The van der Waals surface area contributed by atoms with Gasteiger partial charge >= 0.3 is 5.69 Å². The lowest BCUT2D eigenvalue weighted by atomic mass is 9.95. The topological polar surface area (TPSA) is 106 Å². The maximum Gasteiger partial charge on any atom is 0.332 e. The van der Waals surface area contributed by atoms with Crippen molar-refractivity contribution in [1.29, 1.82) is 0 Å². The number of carbonyl (C=O) groups excluding carboxylic acids is 2. The number of thiophene rings is 1. The number of aromatic nitrogens is 3. The molecule has 1 fully saturated rings. The standard InChI is InChI=1S/C20H21N5O4S/c1-23-16-14(18(27)24(2)20(23)29)10-13(11-21-16)22-17(26)12-5-7-25(8-6-12)19(28)15-4-3-9-30-15/h3-4,9-12H,5-8H2,1-2H3,(H,22,26). The summed E-state index contributed by atoms with van der Waals surface area (Å²) in [7, 11) is 2.95. The number of carbonyl (C=O) groups is 2. The fourth-order valence-electron chi connectivity index (χ4n) is 3.68. The number of nitrogens with zero attached hydrogens (tertiary/aromatic N) is 4. The van der Waals surface area contributed by atoms with Crippen molar-refractivity contribution in [3.05, 3.63) is 55.5 Å². The quantitative estimate of drug-likeness (QED) is 0.676. The third kappa shape index (κ3) is 3.54. The second-order valence-electron chi connectivity index (χ2n) is 7.33. The second-order valence-corrected chi connectivity index (χ2v) is 8.28. The Morgan fingerprint density at radius 3 is 2.57 bits per heavy atom. The number of fused-ring (bicyclic) bond motifs is 1. The lowest BCUT2D eigenvalue weighted by Gasteiger charge is -2.31. The minimum atomic E-state index is -0.461. The van der Waals surface area contributed by atoms with Gasteiger partial charge in [0.05, 0.1) is 22.1 Å². The minimum Gasteiger partial charge on any atom is -0.338 e. The number of piperidine rings is 1. The first-order valence-electron chi connectivity index (χ1n) is 9.56. The van der Waals surface area contributed by atoms with Crippen molar-refractivity contribution in [2.45, 2.75) is 12.8 Å². The molecule has 156 valence electrons. The Kier molecular flexibility index (Phi) is 5.25. The third-order valence-electron chi connectivity index (χ3n) is 5.45. The van der Waals surface area contributed by atoms with Crippen molar-refractivity contribution in [1.82, 2.24) is 19.0 Å². The highest BCUT2D eigenvalue weighted by Gasteiger charge is 2.28. The molecule has 3 aromatic heterocycles. The molecule has 3 aromatic rings. The zero-order valence-electron chi connectivity index (χ0n) is 16.6. The smallest absolute Gasteiger partial charge is 0.332 e. The molecule has 0 unspecified atom stereocenters. The van der Waals surface area contributed by atoms with Crippen LogP contribution in [0.5, 0.6) is 0 Å². The van der Waals surface area contributed by atoms with Crippen molar-refractivity contribution < 1.29 is 9.59 Å². The van der Waals surface area contributed by atoms with Gasteiger partial charge in [0.15, 0.2) is 0 Å². The summed E-state index contributed by atoms with van der Waals surface area (Å²) < 4.78 is 2.30. The van der Waals surface area contributed by atoms with E-state index in [1.165, 1.54) is 35.2 Å². The Hall–Kier alpha value is -3.27. The highest BCUT2D eigenvalue weighted by atomic mass is 32.1. The van der Waals surface area contributed by atoms with Crippen LogP contribution in [0.2, 0.25) is 0 Å². The molecule has 0 bridgehead atoms. The molecule has 4 heterocycles. The fourth-order valence-corrected chi connectivity index (χ4v) is 4.37. The van der Waals surface area contributed by atoms with E-state index >= 15 is 0 Å². The average molecular weight is 427 g/mol. The fraction of sp³-hybridized carbons (Fsp3) is 0.350. The van der Waals surface area contributed by atoms with Crippen LogP contribution in [0.15, 0.2) is 39.4 Å². The molecule has 0 radical (unpaired) electrons. The Labute approximate surface area is 175 Å². The lowest BCUT2D eigenvalue weighted by molar-refractivity contribution is -0.121. The van der Waals surface area contributed by atoms with Crippen molar-refractivity contribution in [3.8, 4) is 0 Å². The molecule has 1 aliphatic heterocycles. The summed E-state index contributed by atoms with van der Waals surface area (Å²) >= 11 is 1.41. The van der Waals surface area contributed by atoms with Gasteiger partial charge in [0, 0.05) is 33.1 Å². The minimum absolute atomic E-state index is 0.00375. The molecule has 0 saturated carbocycles. The van der Waals surface area contributed by atoms with Crippen LogP contribution in [0.3, 0.4) is 0 Å². The van der Waals surface area contributed by atoms with Gasteiger partial charge in [-0.1, -0.05) is 6.07 Å². The Balaban J connectivity index is 1.46. The van der Waals surface area contributed by atoms with Crippen LogP contribution in [0, 0.1) is 5.92 Å². The maximum atomic E-state index is 12.7. The molecule has 0 spiro atoms. The van der Waals surface area contributed by atoms with Crippen molar-refractivity contribution in [2.24, 2.45) is 20.0 Å². The highest BCUT2D eigenvalue weighted by molar-refractivity contribution is 7.12. The predicted molar refractivity (Wildman–Crippen MR) is 114 cm³/mol. The van der Waals surface area contributed by atoms with Gasteiger partial charge in [-0.05, 0) is 30.4 Å². The number of pyridine rings is 1. The van der Waals surface area contributed by atoms with E-state index in [1.807, 2.05) is 11.4 Å². The number of likely N-dealkylation sites (tertiary alicyclic amines) is 1. The molecule has 2 amide bonds. The van der Waals surface area contributed by atoms with E-state index in [0.717, 1.165) is 4.57 Å². The van der Waals surface area contributed by atoms with Crippen LogP contribution in [0.25, 0.3) is 11.0 Å². The summed E-state index contributed by atoms with van der Waals surface area (Å²) in [6, 6.07) is 5.19. The summed E-state index contributed by atoms with van der Waals surface area (Å²) in [4.78, 5) is 56.2.